The van der Waals surface area contributed by atoms with Gasteiger partial charge >= 0.3 is 0 Å². The van der Waals surface area contributed by atoms with Crippen molar-refractivity contribution in [3.63, 3.8) is 0 Å². The fourth-order valence-corrected chi connectivity index (χ4v) is 1.74. The highest BCUT2D eigenvalue weighted by Crippen LogP contribution is 2.21. The van der Waals surface area contributed by atoms with Gasteiger partial charge in [-0.2, -0.15) is 0 Å². The van der Waals surface area contributed by atoms with Crippen molar-refractivity contribution < 1.29 is 19.0 Å². The highest BCUT2D eigenvalue weighted by Gasteiger charge is 2.22. The van der Waals surface area contributed by atoms with Gasteiger partial charge in [-0.1, -0.05) is 18.3 Å². The number of nitrogens with two attached hydrogens (primary N) is 1. The minimum absolute atomic E-state index is 0.241. The second kappa shape index (κ2) is 7.76. The molecule has 0 aliphatic carbocycles. The molecule has 0 aliphatic rings. The molecule has 0 saturated heterocycles. The molecule has 0 atom stereocenters. The third-order valence-electron chi connectivity index (χ3n) is 2.69. The minimum atomic E-state index is -0.771. The molecule has 0 bridgehead atoms. The standard InChI is InChI=1S/C13H17FN2O3S/c1-19-8-7-16(6-5-11(15)20)13(18)12-9(14)3-2-4-10(12)17/h2-4,17H,5-8H2,1H3,(H2,15,20). The third-order valence-corrected chi connectivity index (χ3v) is 2.89. The number of carbonyl (C=O) groups excluding carboxylic acids is 1. The second-order valence-electron chi connectivity index (χ2n) is 4.14. The molecule has 0 saturated carbocycles. The van der Waals surface area contributed by atoms with Gasteiger partial charge < -0.3 is 20.5 Å². The largest absolute Gasteiger partial charge is 0.507 e. The van der Waals surface area contributed by atoms with Gasteiger partial charge in [-0.3, -0.25) is 4.79 Å². The van der Waals surface area contributed by atoms with Crippen LogP contribution in [-0.2, 0) is 4.74 Å². The van der Waals surface area contributed by atoms with E-state index in [1.165, 1.54) is 24.1 Å². The monoisotopic (exact) mass is 300 g/mol. The summed E-state index contributed by atoms with van der Waals surface area (Å²) in [5.74, 6) is -1.78. The van der Waals surface area contributed by atoms with Crippen LogP contribution in [0.1, 0.15) is 16.8 Å². The Labute approximate surface area is 122 Å². The summed E-state index contributed by atoms with van der Waals surface area (Å²) in [4.78, 5) is 13.9. The first-order valence-electron chi connectivity index (χ1n) is 6.01. The molecule has 0 radical (unpaired) electrons. The lowest BCUT2D eigenvalue weighted by Gasteiger charge is -2.22. The van der Waals surface area contributed by atoms with Gasteiger partial charge in [0.1, 0.15) is 17.1 Å². The number of phenols is 1. The number of nitrogens with zero attached hydrogens (tertiary/aromatic N) is 1. The molecular weight excluding hydrogens is 283 g/mol. The molecule has 7 heteroatoms. The Kier molecular flexibility index (Phi) is 6.33. The van der Waals surface area contributed by atoms with Crippen LogP contribution in [0.25, 0.3) is 0 Å². The van der Waals surface area contributed by atoms with Crippen molar-refractivity contribution in [3.05, 3.63) is 29.6 Å². The summed E-state index contributed by atoms with van der Waals surface area (Å²) in [5, 5.41) is 9.64. The Morgan fingerprint density at radius 3 is 2.75 bits per heavy atom. The van der Waals surface area contributed by atoms with Crippen LogP contribution in [0.5, 0.6) is 5.75 Å². The molecule has 0 fully saturated rings. The predicted molar refractivity (Wildman–Crippen MR) is 77.2 cm³/mol. The van der Waals surface area contributed by atoms with Crippen LogP contribution in [0.2, 0.25) is 0 Å². The Morgan fingerprint density at radius 1 is 1.50 bits per heavy atom. The topological polar surface area (TPSA) is 75.8 Å². The molecular formula is C13H17FN2O3S. The van der Waals surface area contributed by atoms with E-state index in [2.05, 4.69) is 0 Å². The van der Waals surface area contributed by atoms with Crippen LogP contribution in [-0.4, -0.2) is 47.7 Å². The number of hydrogen-bond donors (Lipinski definition) is 2. The van der Waals surface area contributed by atoms with E-state index < -0.39 is 17.5 Å². The second-order valence-corrected chi connectivity index (χ2v) is 4.66. The zero-order valence-corrected chi connectivity index (χ0v) is 12.0. The van der Waals surface area contributed by atoms with Gasteiger partial charge in [0, 0.05) is 26.6 Å². The molecule has 110 valence electrons. The number of methoxy groups -OCH3 is 1. The minimum Gasteiger partial charge on any atom is -0.507 e. The number of hydrogen-bond acceptors (Lipinski definition) is 4. The van der Waals surface area contributed by atoms with Crippen molar-refractivity contribution in [2.45, 2.75) is 6.42 Å². The average Bonchev–Trinajstić information content (AvgIpc) is 2.38. The number of phenolic OH excluding ortho intramolecular Hbond substituents is 1. The van der Waals surface area contributed by atoms with E-state index in [-0.39, 0.29) is 30.2 Å². The number of carbonyl (C=O) groups is 1. The summed E-state index contributed by atoms with van der Waals surface area (Å²) >= 11 is 4.77. The van der Waals surface area contributed by atoms with E-state index in [1.807, 2.05) is 0 Å². The van der Waals surface area contributed by atoms with Crippen LogP contribution >= 0.6 is 12.2 Å². The summed E-state index contributed by atoms with van der Waals surface area (Å²) in [7, 11) is 1.50. The number of aromatic hydroxyl groups is 1. The molecule has 0 aliphatic heterocycles. The number of ether oxygens (including phenoxy) is 1. The molecule has 0 unspecified atom stereocenters. The third kappa shape index (κ3) is 4.43. The van der Waals surface area contributed by atoms with Gasteiger partial charge in [-0.25, -0.2) is 4.39 Å². The zero-order chi connectivity index (χ0) is 15.1. The fourth-order valence-electron chi connectivity index (χ4n) is 1.64. The molecule has 0 spiro atoms. The SMILES string of the molecule is COCCN(CCC(N)=S)C(=O)c1c(O)cccc1F. The van der Waals surface area contributed by atoms with E-state index in [0.717, 1.165) is 6.07 Å². The van der Waals surface area contributed by atoms with Crippen LogP contribution in [0.15, 0.2) is 18.2 Å². The summed E-state index contributed by atoms with van der Waals surface area (Å²) in [6.07, 6.45) is 0.319. The summed E-state index contributed by atoms with van der Waals surface area (Å²) in [6, 6.07) is 3.71. The summed E-state index contributed by atoms with van der Waals surface area (Å²) in [6.45, 7) is 0.787. The van der Waals surface area contributed by atoms with Crippen LogP contribution in [0, 0.1) is 5.82 Å². The number of rotatable bonds is 7. The van der Waals surface area contributed by atoms with Gasteiger partial charge in [0.2, 0.25) is 0 Å². The number of benzene rings is 1. The van der Waals surface area contributed by atoms with Gasteiger partial charge in [-0.05, 0) is 12.1 Å². The molecule has 5 nitrogen and oxygen atoms in total. The van der Waals surface area contributed by atoms with Crippen molar-refractivity contribution in [2.24, 2.45) is 5.73 Å². The molecule has 1 aromatic carbocycles. The van der Waals surface area contributed by atoms with Crippen LogP contribution < -0.4 is 5.73 Å². The molecule has 1 rings (SSSR count). The van der Waals surface area contributed by atoms with Crippen LogP contribution in [0.4, 0.5) is 4.39 Å². The van der Waals surface area contributed by atoms with Gasteiger partial charge in [0.05, 0.1) is 11.6 Å². The van der Waals surface area contributed by atoms with E-state index in [0.29, 0.717) is 6.42 Å². The zero-order valence-electron chi connectivity index (χ0n) is 11.1. The van der Waals surface area contributed by atoms with Crippen molar-refractivity contribution in [2.75, 3.05) is 26.8 Å². The van der Waals surface area contributed by atoms with E-state index >= 15 is 0 Å². The molecule has 1 aromatic rings. The molecule has 1 amide bonds. The van der Waals surface area contributed by atoms with E-state index in [4.69, 9.17) is 22.7 Å². The quantitative estimate of drug-likeness (QED) is 0.742. The van der Waals surface area contributed by atoms with Crippen molar-refractivity contribution >= 4 is 23.1 Å². The molecule has 3 N–H and O–H groups in total. The fraction of sp³-hybridized carbons (Fsp3) is 0.385. The van der Waals surface area contributed by atoms with Crippen LogP contribution in [0.3, 0.4) is 0 Å². The lowest BCUT2D eigenvalue weighted by atomic mass is 10.1. The Hall–Kier alpha value is -1.73. The van der Waals surface area contributed by atoms with Crippen molar-refractivity contribution in [3.8, 4) is 5.75 Å². The lowest BCUT2D eigenvalue weighted by Crippen LogP contribution is -2.36. The maximum absolute atomic E-state index is 13.7. The number of halogens is 1. The lowest BCUT2D eigenvalue weighted by molar-refractivity contribution is 0.0693. The highest BCUT2D eigenvalue weighted by molar-refractivity contribution is 7.80. The Morgan fingerprint density at radius 2 is 2.20 bits per heavy atom. The van der Waals surface area contributed by atoms with E-state index in [1.54, 1.807) is 0 Å². The molecule has 0 heterocycles. The summed E-state index contributed by atoms with van der Waals surface area (Å²) in [5.41, 5.74) is 5.05. The maximum atomic E-state index is 13.7. The first-order chi connectivity index (χ1) is 9.47. The normalized spacial score (nSPS) is 10.3. The average molecular weight is 300 g/mol. The van der Waals surface area contributed by atoms with Gasteiger partial charge in [-0.15, -0.1) is 0 Å². The van der Waals surface area contributed by atoms with Gasteiger partial charge in [0.25, 0.3) is 5.91 Å². The van der Waals surface area contributed by atoms with Crippen molar-refractivity contribution in [1.82, 2.24) is 4.90 Å². The Balaban J connectivity index is 2.93. The molecule has 0 aromatic heterocycles. The van der Waals surface area contributed by atoms with Crippen molar-refractivity contribution in [1.29, 1.82) is 0 Å². The van der Waals surface area contributed by atoms with E-state index in [9.17, 15) is 14.3 Å². The first kappa shape index (κ1) is 16.3. The predicted octanol–water partition coefficient (Wildman–Crippen LogP) is 1.30. The Bertz CT molecular complexity index is 476. The molecule has 20 heavy (non-hydrogen) atoms. The first-order valence-corrected chi connectivity index (χ1v) is 6.42. The number of thiocarbonyl (C=S) groups is 1. The summed E-state index contributed by atoms with van der Waals surface area (Å²) < 4.78 is 18.6. The van der Waals surface area contributed by atoms with Gasteiger partial charge in [0.15, 0.2) is 0 Å². The highest BCUT2D eigenvalue weighted by atomic mass is 32.1. The smallest absolute Gasteiger partial charge is 0.260 e. The maximum Gasteiger partial charge on any atom is 0.260 e. The number of amides is 1.